The van der Waals surface area contributed by atoms with E-state index in [4.69, 9.17) is 11.0 Å². The number of hydrogen-bond acceptors (Lipinski definition) is 3. The van der Waals surface area contributed by atoms with Gasteiger partial charge in [-0.1, -0.05) is 0 Å². The Labute approximate surface area is 80.5 Å². The minimum Gasteiger partial charge on any atom is -0.398 e. The van der Waals surface area contributed by atoms with Gasteiger partial charge in [-0.25, -0.2) is 4.39 Å². The molecule has 0 aliphatic heterocycles. The summed E-state index contributed by atoms with van der Waals surface area (Å²) in [6, 6.07) is 6.19. The average molecular weight is 196 g/mol. The molecule has 1 atom stereocenters. The van der Waals surface area contributed by atoms with E-state index in [1.54, 1.807) is 6.92 Å². The smallest absolute Gasteiger partial charge is 0.124 e. The predicted molar refractivity (Wildman–Crippen MR) is 51.7 cm³/mol. The summed E-state index contributed by atoms with van der Waals surface area (Å²) in [5.41, 5.74) is 6.10. The number of nitrogens with two attached hydrogens (primary N) is 1. The van der Waals surface area contributed by atoms with E-state index >= 15 is 0 Å². The van der Waals surface area contributed by atoms with Crippen LogP contribution >= 0.6 is 11.8 Å². The molecule has 13 heavy (non-hydrogen) atoms. The third kappa shape index (κ3) is 2.63. The molecule has 0 aromatic heterocycles. The van der Waals surface area contributed by atoms with Crippen molar-refractivity contribution in [3.8, 4) is 6.07 Å². The molecule has 2 N–H and O–H groups in total. The van der Waals surface area contributed by atoms with Gasteiger partial charge in [-0.3, -0.25) is 0 Å². The number of halogens is 1. The molecule has 2 nitrogen and oxygen atoms in total. The standard InChI is InChI=1S/C9H9FN2S/c1-6(5-11)13-9-4-7(10)2-3-8(9)12/h2-4,6H,12H2,1H3. The van der Waals surface area contributed by atoms with Gasteiger partial charge < -0.3 is 5.73 Å². The molecule has 0 aliphatic rings. The van der Waals surface area contributed by atoms with Crippen LogP contribution < -0.4 is 5.73 Å². The first kappa shape index (κ1) is 9.87. The Bertz CT molecular complexity index is 346. The van der Waals surface area contributed by atoms with Crippen LogP contribution in [0, 0.1) is 17.1 Å². The van der Waals surface area contributed by atoms with E-state index in [2.05, 4.69) is 0 Å². The quantitative estimate of drug-likeness (QED) is 0.583. The maximum absolute atomic E-state index is 12.7. The van der Waals surface area contributed by atoms with Crippen molar-refractivity contribution in [3.05, 3.63) is 24.0 Å². The topological polar surface area (TPSA) is 49.8 Å². The van der Waals surface area contributed by atoms with Gasteiger partial charge in [-0.2, -0.15) is 5.26 Å². The van der Waals surface area contributed by atoms with E-state index in [1.165, 1.54) is 30.0 Å². The summed E-state index contributed by atoms with van der Waals surface area (Å²) in [4.78, 5) is 0.619. The summed E-state index contributed by atoms with van der Waals surface area (Å²) in [6.45, 7) is 1.75. The largest absolute Gasteiger partial charge is 0.398 e. The number of hydrogen-bond donors (Lipinski definition) is 1. The summed E-state index contributed by atoms with van der Waals surface area (Å²) < 4.78 is 12.7. The van der Waals surface area contributed by atoms with Gasteiger partial charge in [0.25, 0.3) is 0 Å². The van der Waals surface area contributed by atoms with Crippen molar-refractivity contribution < 1.29 is 4.39 Å². The molecular weight excluding hydrogens is 187 g/mol. The second kappa shape index (κ2) is 4.15. The Kier molecular flexibility index (Phi) is 3.15. The third-order valence-electron chi connectivity index (χ3n) is 1.46. The Morgan fingerprint density at radius 3 is 2.92 bits per heavy atom. The van der Waals surface area contributed by atoms with E-state index in [1.807, 2.05) is 6.07 Å². The van der Waals surface area contributed by atoms with E-state index in [0.29, 0.717) is 10.6 Å². The zero-order valence-electron chi connectivity index (χ0n) is 7.12. The van der Waals surface area contributed by atoms with Crippen molar-refractivity contribution in [2.45, 2.75) is 17.1 Å². The van der Waals surface area contributed by atoms with E-state index in [-0.39, 0.29) is 11.1 Å². The molecule has 0 fully saturated rings. The number of anilines is 1. The third-order valence-corrected chi connectivity index (χ3v) is 2.53. The number of nitriles is 1. The highest BCUT2D eigenvalue weighted by Crippen LogP contribution is 2.28. The zero-order chi connectivity index (χ0) is 9.84. The lowest BCUT2D eigenvalue weighted by atomic mass is 10.3. The van der Waals surface area contributed by atoms with Gasteiger partial charge in [-0.15, -0.1) is 11.8 Å². The minimum absolute atomic E-state index is 0.218. The Morgan fingerprint density at radius 2 is 2.31 bits per heavy atom. The molecule has 1 aromatic rings. The van der Waals surface area contributed by atoms with E-state index in [9.17, 15) is 4.39 Å². The first-order valence-electron chi connectivity index (χ1n) is 3.75. The molecular formula is C9H9FN2S. The van der Waals surface area contributed by atoms with Crippen molar-refractivity contribution in [2.24, 2.45) is 0 Å². The molecule has 1 aromatic carbocycles. The van der Waals surface area contributed by atoms with Crippen molar-refractivity contribution in [3.63, 3.8) is 0 Å². The molecule has 0 radical (unpaired) electrons. The predicted octanol–water partition coefficient (Wildman–Crippen LogP) is 2.41. The summed E-state index contributed by atoms with van der Waals surface area (Å²) >= 11 is 1.26. The van der Waals surface area contributed by atoms with E-state index in [0.717, 1.165) is 0 Å². The first-order chi connectivity index (χ1) is 6.13. The van der Waals surface area contributed by atoms with Crippen LogP contribution in [0.2, 0.25) is 0 Å². The second-order valence-electron chi connectivity index (χ2n) is 2.57. The van der Waals surface area contributed by atoms with Gasteiger partial charge in [-0.05, 0) is 25.1 Å². The number of nitrogens with zero attached hydrogens (tertiary/aromatic N) is 1. The maximum Gasteiger partial charge on any atom is 0.124 e. The number of nitrogen functional groups attached to an aromatic ring is 1. The SMILES string of the molecule is CC(C#N)Sc1cc(F)ccc1N. The number of thioether (sulfide) groups is 1. The van der Waals surface area contributed by atoms with Gasteiger partial charge >= 0.3 is 0 Å². The van der Waals surface area contributed by atoms with Crippen LogP contribution in [0.25, 0.3) is 0 Å². The van der Waals surface area contributed by atoms with Crippen molar-refractivity contribution >= 4 is 17.4 Å². The van der Waals surface area contributed by atoms with E-state index < -0.39 is 0 Å². The summed E-state index contributed by atoms with van der Waals surface area (Å²) in [5, 5.41) is 8.33. The molecule has 1 unspecified atom stereocenters. The van der Waals surface area contributed by atoms with Gasteiger partial charge in [0, 0.05) is 10.6 Å². The van der Waals surface area contributed by atoms with Gasteiger partial charge in [0.2, 0.25) is 0 Å². The lowest BCUT2D eigenvalue weighted by Gasteiger charge is -2.05. The van der Waals surface area contributed by atoms with Gasteiger partial charge in [0.1, 0.15) is 5.82 Å². The molecule has 68 valence electrons. The molecule has 0 spiro atoms. The molecule has 1 rings (SSSR count). The summed E-state index contributed by atoms with van der Waals surface area (Å²) in [6.07, 6.45) is 0. The van der Waals surface area contributed by atoms with Crippen LogP contribution in [-0.2, 0) is 0 Å². The molecule has 0 saturated heterocycles. The molecule has 0 amide bonds. The zero-order valence-corrected chi connectivity index (χ0v) is 7.94. The Morgan fingerprint density at radius 1 is 1.62 bits per heavy atom. The van der Waals surface area contributed by atoms with Crippen molar-refractivity contribution in [2.75, 3.05) is 5.73 Å². The number of rotatable bonds is 2. The maximum atomic E-state index is 12.7. The highest BCUT2D eigenvalue weighted by Gasteiger charge is 2.06. The average Bonchev–Trinajstić information content (AvgIpc) is 2.11. The molecule has 0 bridgehead atoms. The highest BCUT2D eigenvalue weighted by molar-refractivity contribution is 8.00. The normalized spacial score (nSPS) is 12.1. The van der Waals surface area contributed by atoms with Crippen LogP contribution in [0.4, 0.5) is 10.1 Å². The van der Waals surface area contributed by atoms with Crippen LogP contribution in [0.5, 0.6) is 0 Å². The lowest BCUT2D eigenvalue weighted by Crippen LogP contribution is -1.94. The van der Waals surface area contributed by atoms with Crippen LogP contribution in [-0.4, -0.2) is 5.25 Å². The van der Waals surface area contributed by atoms with Crippen molar-refractivity contribution in [1.82, 2.24) is 0 Å². The minimum atomic E-state index is -0.332. The Balaban J connectivity index is 2.88. The van der Waals surface area contributed by atoms with Crippen LogP contribution in [0.1, 0.15) is 6.92 Å². The number of benzene rings is 1. The summed E-state index contributed by atoms with van der Waals surface area (Å²) in [5.74, 6) is -0.332. The summed E-state index contributed by atoms with van der Waals surface area (Å²) in [7, 11) is 0. The van der Waals surface area contributed by atoms with Crippen LogP contribution in [0.15, 0.2) is 23.1 Å². The van der Waals surface area contributed by atoms with Crippen LogP contribution in [0.3, 0.4) is 0 Å². The molecule has 0 saturated carbocycles. The monoisotopic (exact) mass is 196 g/mol. The first-order valence-corrected chi connectivity index (χ1v) is 4.62. The lowest BCUT2D eigenvalue weighted by molar-refractivity contribution is 0.624. The highest BCUT2D eigenvalue weighted by atomic mass is 32.2. The van der Waals surface area contributed by atoms with Crippen molar-refractivity contribution in [1.29, 1.82) is 5.26 Å². The fraction of sp³-hybridized carbons (Fsp3) is 0.222. The van der Waals surface area contributed by atoms with Gasteiger partial charge in [0.05, 0.1) is 11.3 Å². The molecule has 0 aliphatic carbocycles. The second-order valence-corrected chi connectivity index (χ2v) is 3.95. The Hall–Kier alpha value is -1.21. The van der Waals surface area contributed by atoms with Gasteiger partial charge in [0.15, 0.2) is 0 Å². The fourth-order valence-electron chi connectivity index (χ4n) is 0.827. The fourth-order valence-corrected chi connectivity index (χ4v) is 1.65. The molecule has 0 heterocycles. The molecule has 4 heteroatoms.